The van der Waals surface area contributed by atoms with Crippen molar-refractivity contribution in [1.82, 2.24) is 5.32 Å². The first kappa shape index (κ1) is 11.7. The van der Waals surface area contributed by atoms with Gasteiger partial charge in [0.15, 0.2) is 0 Å². The third-order valence-electron chi connectivity index (χ3n) is 3.09. The lowest BCUT2D eigenvalue weighted by atomic mass is 9.96. The zero-order valence-electron chi connectivity index (χ0n) is 9.09. The van der Waals surface area contributed by atoms with Crippen molar-refractivity contribution < 1.29 is 13.5 Å². The second-order valence-electron chi connectivity index (χ2n) is 4.68. The van der Waals surface area contributed by atoms with Crippen LogP contribution < -0.4 is 5.32 Å². The fourth-order valence-electron chi connectivity index (χ4n) is 1.91. The van der Waals surface area contributed by atoms with Gasteiger partial charge in [-0.2, -0.15) is 5.26 Å². The van der Waals surface area contributed by atoms with Gasteiger partial charge in [-0.15, -0.1) is 0 Å². The third kappa shape index (κ3) is 2.89. The molecular formula is C11H16F2N2O. The predicted molar refractivity (Wildman–Crippen MR) is 54.0 cm³/mol. The summed E-state index contributed by atoms with van der Waals surface area (Å²) in [6, 6.07) is 2.63. The Labute approximate surface area is 93.8 Å². The summed E-state index contributed by atoms with van der Waals surface area (Å²) in [5, 5.41) is 12.5. The highest BCUT2D eigenvalue weighted by atomic mass is 19.3. The maximum Gasteiger partial charge on any atom is 0.261 e. The van der Waals surface area contributed by atoms with Gasteiger partial charge in [-0.05, 0) is 31.6 Å². The predicted octanol–water partition coefficient (Wildman–Crippen LogP) is 1.69. The van der Waals surface area contributed by atoms with Gasteiger partial charge in [0, 0.05) is 6.04 Å². The van der Waals surface area contributed by atoms with Gasteiger partial charge in [0.25, 0.3) is 6.43 Å². The molecular weight excluding hydrogens is 214 g/mol. The highest BCUT2D eigenvalue weighted by Crippen LogP contribution is 2.41. The van der Waals surface area contributed by atoms with Crippen molar-refractivity contribution in [2.75, 3.05) is 13.2 Å². The summed E-state index contributed by atoms with van der Waals surface area (Å²) in [5.74, 6) is 0.274. The largest absolute Gasteiger partial charge is 0.372 e. The molecule has 3 nitrogen and oxygen atoms in total. The van der Waals surface area contributed by atoms with Gasteiger partial charge >= 0.3 is 0 Å². The second kappa shape index (κ2) is 4.64. The topological polar surface area (TPSA) is 45.0 Å². The Morgan fingerprint density at radius 1 is 1.38 bits per heavy atom. The number of ether oxygens (including phenoxy) is 1. The molecule has 1 atom stereocenters. The summed E-state index contributed by atoms with van der Waals surface area (Å²) in [7, 11) is 0. The van der Waals surface area contributed by atoms with Gasteiger partial charge < -0.3 is 4.74 Å². The zero-order chi connectivity index (χ0) is 11.6. The standard InChI is InChI=1S/C11H16F2N2O/c12-10(13)5-16-7-11(6-14,8-1-2-8)15-9-3-4-9/h8-10,15H,1-5,7H2. The van der Waals surface area contributed by atoms with E-state index >= 15 is 0 Å². The summed E-state index contributed by atoms with van der Waals surface area (Å²) >= 11 is 0. The van der Waals surface area contributed by atoms with Crippen LogP contribution in [0, 0.1) is 17.2 Å². The van der Waals surface area contributed by atoms with E-state index in [4.69, 9.17) is 4.74 Å². The van der Waals surface area contributed by atoms with Gasteiger partial charge in [0.05, 0.1) is 12.7 Å². The molecule has 2 aliphatic carbocycles. The number of hydrogen-bond donors (Lipinski definition) is 1. The van der Waals surface area contributed by atoms with E-state index in [1.165, 1.54) is 0 Å². The van der Waals surface area contributed by atoms with Crippen LogP contribution in [-0.4, -0.2) is 31.2 Å². The maximum absolute atomic E-state index is 12.0. The fraction of sp³-hybridized carbons (Fsp3) is 0.909. The van der Waals surface area contributed by atoms with Gasteiger partial charge in [-0.3, -0.25) is 5.32 Å². The molecule has 16 heavy (non-hydrogen) atoms. The van der Waals surface area contributed by atoms with Crippen LogP contribution in [0.5, 0.6) is 0 Å². The summed E-state index contributed by atoms with van der Waals surface area (Å²) in [4.78, 5) is 0. The normalized spacial score (nSPS) is 24.1. The van der Waals surface area contributed by atoms with Crippen molar-refractivity contribution in [3.8, 4) is 6.07 Å². The van der Waals surface area contributed by atoms with Crippen LogP contribution in [0.15, 0.2) is 0 Å². The van der Waals surface area contributed by atoms with Gasteiger partial charge in [-0.1, -0.05) is 0 Å². The summed E-state index contributed by atoms with van der Waals surface area (Å²) < 4.78 is 28.9. The molecule has 2 saturated carbocycles. The first-order valence-electron chi connectivity index (χ1n) is 5.71. The van der Waals surface area contributed by atoms with E-state index in [0.717, 1.165) is 25.7 Å². The van der Waals surface area contributed by atoms with Crippen molar-refractivity contribution in [2.45, 2.75) is 43.7 Å². The lowest BCUT2D eigenvalue weighted by Crippen LogP contribution is -2.51. The molecule has 0 aromatic heterocycles. The van der Waals surface area contributed by atoms with E-state index in [-0.39, 0.29) is 12.5 Å². The Kier molecular flexibility index (Phi) is 3.41. The lowest BCUT2D eigenvalue weighted by molar-refractivity contribution is -0.00294. The summed E-state index contributed by atoms with van der Waals surface area (Å²) in [5.41, 5.74) is -0.726. The molecule has 2 rings (SSSR count). The number of hydrogen-bond acceptors (Lipinski definition) is 3. The highest BCUT2D eigenvalue weighted by molar-refractivity contribution is 5.17. The molecule has 2 fully saturated rings. The van der Waals surface area contributed by atoms with Crippen molar-refractivity contribution in [2.24, 2.45) is 5.92 Å². The van der Waals surface area contributed by atoms with E-state index in [1.807, 2.05) is 0 Å². The Morgan fingerprint density at radius 3 is 2.50 bits per heavy atom. The van der Waals surface area contributed by atoms with Crippen LogP contribution in [0.4, 0.5) is 8.78 Å². The number of halogens is 2. The van der Waals surface area contributed by atoms with E-state index in [0.29, 0.717) is 6.04 Å². The third-order valence-corrected chi connectivity index (χ3v) is 3.09. The molecule has 0 aromatic carbocycles. The monoisotopic (exact) mass is 230 g/mol. The molecule has 0 amide bonds. The summed E-state index contributed by atoms with van der Waals surface area (Å²) in [6.45, 7) is -0.502. The van der Waals surface area contributed by atoms with Crippen molar-refractivity contribution >= 4 is 0 Å². The number of alkyl halides is 2. The second-order valence-corrected chi connectivity index (χ2v) is 4.68. The molecule has 0 spiro atoms. The molecule has 2 aliphatic rings. The van der Waals surface area contributed by atoms with Crippen LogP contribution >= 0.6 is 0 Å². The molecule has 5 heteroatoms. The van der Waals surface area contributed by atoms with Crippen molar-refractivity contribution in [3.05, 3.63) is 0 Å². The van der Waals surface area contributed by atoms with Crippen LogP contribution in [0.2, 0.25) is 0 Å². The van der Waals surface area contributed by atoms with Crippen molar-refractivity contribution in [3.63, 3.8) is 0 Å². The summed E-state index contributed by atoms with van der Waals surface area (Å²) in [6.07, 6.45) is 1.67. The number of nitrogens with zero attached hydrogens (tertiary/aromatic N) is 1. The van der Waals surface area contributed by atoms with E-state index in [1.54, 1.807) is 0 Å². The average Bonchev–Trinajstić information content (AvgIpc) is 3.08. The molecule has 90 valence electrons. The fourth-order valence-corrected chi connectivity index (χ4v) is 1.91. The minimum Gasteiger partial charge on any atom is -0.372 e. The first-order chi connectivity index (χ1) is 7.66. The molecule has 0 heterocycles. The number of nitrogens with one attached hydrogen (secondary N) is 1. The minimum atomic E-state index is -2.46. The smallest absolute Gasteiger partial charge is 0.261 e. The Hall–Kier alpha value is -0.730. The van der Waals surface area contributed by atoms with Crippen LogP contribution in [-0.2, 0) is 4.74 Å². The Balaban J connectivity index is 1.87. The van der Waals surface area contributed by atoms with E-state index in [9.17, 15) is 14.0 Å². The molecule has 0 aliphatic heterocycles. The maximum atomic E-state index is 12.0. The quantitative estimate of drug-likeness (QED) is 0.724. The van der Waals surface area contributed by atoms with Crippen LogP contribution in [0.25, 0.3) is 0 Å². The molecule has 0 radical (unpaired) electrons. The van der Waals surface area contributed by atoms with Gasteiger partial charge in [-0.25, -0.2) is 8.78 Å². The van der Waals surface area contributed by atoms with E-state index < -0.39 is 18.6 Å². The molecule has 1 unspecified atom stereocenters. The van der Waals surface area contributed by atoms with Crippen LogP contribution in [0.1, 0.15) is 25.7 Å². The lowest BCUT2D eigenvalue weighted by Gasteiger charge is -2.27. The minimum absolute atomic E-state index is 0.0784. The van der Waals surface area contributed by atoms with Crippen molar-refractivity contribution in [1.29, 1.82) is 5.26 Å². The molecule has 0 saturated heterocycles. The SMILES string of the molecule is N#CC(COCC(F)F)(NC1CC1)C1CC1. The number of rotatable bonds is 7. The zero-order valence-corrected chi connectivity index (χ0v) is 9.09. The number of nitriles is 1. The molecule has 1 N–H and O–H groups in total. The molecule has 0 bridgehead atoms. The Morgan fingerprint density at radius 2 is 2.06 bits per heavy atom. The highest BCUT2D eigenvalue weighted by Gasteiger charge is 2.48. The van der Waals surface area contributed by atoms with Gasteiger partial charge in [0.1, 0.15) is 12.1 Å². The van der Waals surface area contributed by atoms with E-state index in [2.05, 4.69) is 11.4 Å². The van der Waals surface area contributed by atoms with Gasteiger partial charge in [0.2, 0.25) is 0 Å². The van der Waals surface area contributed by atoms with Crippen LogP contribution in [0.3, 0.4) is 0 Å². The molecule has 0 aromatic rings. The first-order valence-corrected chi connectivity index (χ1v) is 5.71. The Bertz CT molecular complexity index is 284. The average molecular weight is 230 g/mol.